The van der Waals surface area contributed by atoms with Gasteiger partial charge in [0.15, 0.2) is 5.69 Å². The Hall–Kier alpha value is -2.84. The van der Waals surface area contributed by atoms with Crippen molar-refractivity contribution >= 4 is 11.9 Å². The molecule has 1 aromatic heterocycles. The Bertz CT molecular complexity index is 1040. The van der Waals surface area contributed by atoms with Gasteiger partial charge in [-0.1, -0.05) is 12.5 Å². The van der Waals surface area contributed by atoms with Crippen molar-refractivity contribution in [2.45, 2.75) is 63.3 Å². The van der Waals surface area contributed by atoms with E-state index in [1.165, 1.54) is 27.9 Å². The number of rotatable bonds is 2. The van der Waals surface area contributed by atoms with E-state index in [9.17, 15) is 22.8 Å². The Labute approximate surface area is 177 Å². The average Bonchev–Trinajstić information content (AvgIpc) is 3.38. The molecular formula is C22H22F3N3O3. The molecule has 1 saturated heterocycles. The van der Waals surface area contributed by atoms with Crippen LogP contribution in [0.3, 0.4) is 0 Å². The minimum absolute atomic E-state index is 0.0838. The number of hydrogen-bond donors (Lipinski definition) is 0. The van der Waals surface area contributed by atoms with Crippen molar-refractivity contribution in [1.29, 1.82) is 0 Å². The third kappa shape index (κ3) is 3.30. The van der Waals surface area contributed by atoms with Crippen molar-refractivity contribution in [1.82, 2.24) is 14.5 Å². The molecule has 5 rings (SSSR count). The Morgan fingerprint density at radius 2 is 1.87 bits per heavy atom. The number of carbonyl (C=O) groups is 2. The lowest BCUT2D eigenvalue weighted by Crippen LogP contribution is -2.32. The highest BCUT2D eigenvalue weighted by Gasteiger charge is 2.45. The number of esters is 1. The molecule has 164 valence electrons. The number of alkyl halides is 3. The molecule has 1 aromatic carbocycles. The first-order valence-corrected chi connectivity index (χ1v) is 10.7. The van der Waals surface area contributed by atoms with Gasteiger partial charge < -0.3 is 9.64 Å². The molecule has 0 unspecified atom stereocenters. The fourth-order valence-corrected chi connectivity index (χ4v) is 5.06. The summed E-state index contributed by atoms with van der Waals surface area (Å²) in [6.07, 6.45) is 2.39. The van der Waals surface area contributed by atoms with E-state index in [2.05, 4.69) is 4.98 Å². The predicted octanol–water partition coefficient (Wildman–Crippen LogP) is 4.67. The van der Waals surface area contributed by atoms with Crippen LogP contribution < -0.4 is 0 Å². The molecule has 2 aliphatic heterocycles. The Morgan fingerprint density at radius 1 is 1.10 bits per heavy atom. The molecule has 2 fully saturated rings. The number of fused-ring (bicyclic) bond motifs is 5. The van der Waals surface area contributed by atoms with E-state index in [0.717, 1.165) is 38.2 Å². The molecule has 2 aromatic rings. The first kappa shape index (κ1) is 20.1. The second-order valence-electron chi connectivity index (χ2n) is 8.37. The number of halogens is 3. The van der Waals surface area contributed by atoms with Crippen LogP contribution >= 0.6 is 0 Å². The van der Waals surface area contributed by atoms with Gasteiger partial charge in [-0.25, -0.2) is 9.78 Å². The van der Waals surface area contributed by atoms with Gasteiger partial charge in [0.1, 0.15) is 12.4 Å². The summed E-state index contributed by atoms with van der Waals surface area (Å²) in [5.74, 6) is -1.24. The van der Waals surface area contributed by atoms with Gasteiger partial charge in [-0.05, 0) is 50.7 Å². The van der Waals surface area contributed by atoms with Crippen LogP contribution in [-0.2, 0) is 10.9 Å². The lowest BCUT2D eigenvalue weighted by Gasteiger charge is -2.24. The highest BCUT2D eigenvalue weighted by molar-refractivity contribution is 6.01. The molecule has 1 saturated carbocycles. The number of amides is 1. The molecule has 1 amide bonds. The number of ether oxygens (including phenoxy) is 1. The van der Waals surface area contributed by atoms with Crippen molar-refractivity contribution in [3.8, 4) is 5.69 Å². The smallest absolute Gasteiger partial charge is 0.417 e. The lowest BCUT2D eigenvalue weighted by molar-refractivity contribution is -0.138. The zero-order valence-corrected chi connectivity index (χ0v) is 16.8. The second-order valence-corrected chi connectivity index (χ2v) is 8.37. The third-order valence-corrected chi connectivity index (χ3v) is 6.47. The summed E-state index contributed by atoms with van der Waals surface area (Å²) < 4.78 is 48.3. The van der Waals surface area contributed by atoms with Crippen molar-refractivity contribution in [2.75, 3.05) is 6.54 Å². The van der Waals surface area contributed by atoms with Gasteiger partial charge in [0.05, 0.1) is 28.6 Å². The molecule has 9 heteroatoms. The van der Waals surface area contributed by atoms with Crippen LogP contribution in [0, 0.1) is 0 Å². The van der Waals surface area contributed by atoms with E-state index in [1.807, 2.05) is 0 Å². The molecule has 31 heavy (non-hydrogen) atoms. The van der Waals surface area contributed by atoms with Gasteiger partial charge in [0.2, 0.25) is 0 Å². The molecule has 0 radical (unpaired) electrons. The molecule has 3 aliphatic rings. The molecule has 6 nitrogen and oxygen atoms in total. The number of benzene rings is 1. The maximum absolute atomic E-state index is 13.7. The standard InChI is InChI=1S/C22H22F3N3O3/c23-22(24,25)14-8-4-9-15-17(14)20(29)27-11-5-10-16(27)19-18(26-12-28(15)19)21(30)31-13-6-2-1-3-7-13/h4,8-9,12-13,16H,1-3,5-7,10-11H2/t16-/m0/s1. The fraction of sp³-hybridized carbons (Fsp3) is 0.500. The average molecular weight is 433 g/mol. The minimum atomic E-state index is -4.68. The zero-order valence-electron chi connectivity index (χ0n) is 16.8. The lowest BCUT2D eigenvalue weighted by atomic mass is 9.98. The predicted molar refractivity (Wildman–Crippen MR) is 104 cm³/mol. The van der Waals surface area contributed by atoms with E-state index < -0.39 is 35.2 Å². The summed E-state index contributed by atoms with van der Waals surface area (Å²) in [5, 5.41) is 0. The maximum Gasteiger partial charge on any atom is 0.417 e. The molecular weight excluding hydrogens is 411 g/mol. The molecule has 1 aliphatic carbocycles. The van der Waals surface area contributed by atoms with E-state index in [1.54, 1.807) is 0 Å². The van der Waals surface area contributed by atoms with Gasteiger partial charge in [0.25, 0.3) is 5.91 Å². The van der Waals surface area contributed by atoms with Crippen molar-refractivity contribution < 1.29 is 27.5 Å². The summed E-state index contributed by atoms with van der Waals surface area (Å²) in [4.78, 5) is 31.9. The molecule has 1 atom stereocenters. The van der Waals surface area contributed by atoms with Gasteiger partial charge in [0, 0.05) is 6.54 Å². The van der Waals surface area contributed by atoms with Crippen LogP contribution in [0.5, 0.6) is 0 Å². The highest BCUT2D eigenvalue weighted by Crippen LogP contribution is 2.43. The minimum Gasteiger partial charge on any atom is -0.458 e. The quantitative estimate of drug-likeness (QED) is 0.646. The Kier molecular flexibility index (Phi) is 4.79. The van der Waals surface area contributed by atoms with Gasteiger partial charge in [-0.2, -0.15) is 13.2 Å². The number of nitrogens with zero attached hydrogens (tertiary/aromatic N) is 3. The number of aromatic nitrogens is 2. The first-order valence-electron chi connectivity index (χ1n) is 10.7. The van der Waals surface area contributed by atoms with Crippen molar-refractivity contribution in [2.24, 2.45) is 0 Å². The molecule has 3 heterocycles. The van der Waals surface area contributed by atoms with E-state index in [0.29, 0.717) is 25.1 Å². The largest absolute Gasteiger partial charge is 0.458 e. The van der Waals surface area contributed by atoms with Crippen LogP contribution in [0.1, 0.15) is 83.1 Å². The number of hydrogen-bond acceptors (Lipinski definition) is 4. The van der Waals surface area contributed by atoms with Gasteiger partial charge >= 0.3 is 12.1 Å². The van der Waals surface area contributed by atoms with Gasteiger partial charge in [-0.3, -0.25) is 9.36 Å². The fourth-order valence-electron chi connectivity index (χ4n) is 5.06. The molecule has 0 spiro atoms. The monoisotopic (exact) mass is 433 g/mol. The molecule has 0 N–H and O–H groups in total. The summed E-state index contributed by atoms with van der Waals surface area (Å²) >= 11 is 0. The van der Waals surface area contributed by atoms with Crippen LogP contribution in [-0.4, -0.2) is 39.0 Å². The summed E-state index contributed by atoms with van der Waals surface area (Å²) in [5.41, 5.74) is -0.766. The second kappa shape index (κ2) is 7.39. The summed E-state index contributed by atoms with van der Waals surface area (Å²) in [6, 6.07) is 3.14. The van der Waals surface area contributed by atoms with Crippen LogP contribution in [0.15, 0.2) is 24.5 Å². The Morgan fingerprint density at radius 3 is 2.61 bits per heavy atom. The number of carbonyl (C=O) groups excluding carboxylic acids is 2. The SMILES string of the molecule is O=C(OC1CCCCC1)c1ncn2c1[C@@H]1CCCN1C(=O)c1c-2cccc1C(F)(F)F. The number of imidazole rings is 1. The van der Waals surface area contributed by atoms with Gasteiger partial charge in [-0.15, -0.1) is 0 Å². The third-order valence-electron chi connectivity index (χ3n) is 6.47. The van der Waals surface area contributed by atoms with Crippen LogP contribution in [0.2, 0.25) is 0 Å². The molecule has 0 bridgehead atoms. The summed E-state index contributed by atoms with van der Waals surface area (Å²) in [7, 11) is 0. The van der Waals surface area contributed by atoms with Crippen LogP contribution in [0.25, 0.3) is 5.69 Å². The van der Waals surface area contributed by atoms with E-state index >= 15 is 0 Å². The Balaban J connectivity index is 1.63. The van der Waals surface area contributed by atoms with Crippen molar-refractivity contribution in [3.05, 3.63) is 47.0 Å². The normalized spacial score (nSPS) is 21.3. The van der Waals surface area contributed by atoms with Crippen LogP contribution in [0.4, 0.5) is 13.2 Å². The van der Waals surface area contributed by atoms with E-state index in [4.69, 9.17) is 4.74 Å². The first-order chi connectivity index (χ1) is 14.9. The zero-order chi connectivity index (χ0) is 21.8. The topological polar surface area (TPSA) is 64.4 Å². The van der Waals surface area contributed by atoms with Crippen molar-refractivity contribution in [3.63, 3.8) is 0 Å². The summed E-state index contributed by atoms with van der Waals surface area (Å²) in [6.45, 7) is 0.331. The maximum atomic E-state index is 13.7. The highest BCUT2D eigenvalue weighted by atomic mass is 19.4. The van der Waals surface area contributed by atoms with E-state index in [-0.39, 0.29) is 17.5 Å².